The molecule has 108 valence electrons. The lowest BCUT2D eigenvalue weighted by Gasteiger charge is -2.21. The summed E-state index contributed by atoms with van der Waals surface area (Å²) < 4.78 is 7.18. The smallest absolute Gasteiger partial charge is 0.311 e. The van der Waals surface area contributed by atoms with Crippen LogP contribution in [0.4, 0.5) is 0 Å². The van der Waals surface area contributed by atoms with Gasteiger partial charge in [0.1, 0.15) is 0 Å². The summed E-state index contributed by atoms with van der Waals surface area (Å²) >= 11 is 0. The van der Waals surface area contributed by atoms with Gasteiger partial charge >= 0.3 is 5.97 Å². The minimum atomic E-state index is -0.347. The molecule has 0 radical (unpaired) electrons. The van der Waals surface area contributed by atoms with Gasteiger partial charge in [0.15, 0.2) is 0 Å². The van der Waals surface area contributed by atoms with E-state index in [0.717, 1.165) is 32.2 Å². The molecule has 0 aliphatic rings. The molecule has 1 aromatic rings. The zero-order chi connectivity index (χ0) is 14.1. The Morgan fingerprint density at radius 2 is 2.00 bits per heavy atom. The van der Waals surface area contributed by atoms with Gasteiger partial charge in [-0.05, 0) is 33.6 Å². The van der Waals surface area contributed by atoms with Crippen molar-refractivity contribution in [2.24, 2.45) is 5.41 Å². The van der Waals surface area contributed by atoms with E-state index in [4.69, 9.17) is 4.74 Å². The van der Waals surface area contributed by atoms with E-state index in [1.165, 1.54) is 6.42 Å². The van der Waals surface area contributed by atoms with Crippen LogP contribution in [0.5, 0.6) is 0 Å². The van der Waals surface area contributed by atoms with Crippen LogP contribution in [-0.2, 0) is 16.1 Å². The van der Waals surface area contributed by atoms with E-state index < -0.39 is 0 Å². The first-order valence-corrected chi connectivity index (χ1v) is 7.19. The van der Waals surface area contributed by atoms with Crippen LogP contribution < -0.4 is 0 Å². The maximum atomic E-state index is 11.7. The third-order valence-electron chi connectivity index (χ3n) is 3.36. The molecule has 0 unspecified atom stereocenters. The molecule has 0 amide bonds. The first kappa shape index (κ1) is 15.7. The molecule has 4 nitrogen and oxygen atoms in total. The molecule has 4 heteroatoms. The molecule has 0 atom stereocenters. The van der Waals surface area contributed by atoms with Crippen LogP contribution in [0.15, 0.2) is 18.7 Å². The zero-order valence-corrected chi connectivity index (χ0v) is 12.4. The van der Waals surface area contributed by atoms with Crippen LogP contribution in [0.25, 0.3) is 0 Å². The van der Waals surface area contributed by atoms with Gasteiger partial charge in [0.25, 0.3) is 0 Å². The maximum absolute atomic E-state index is 11.7. The van der Waals surface area contributed by atoms with Crippen LogP contribution in [0.2, 0.25) is 0 Å². The Balaban J connectivity index is 2.08. The van der Waals surface area contributed by atoms with Gasteiger partial charge in [0.2, 0.25) is 0 Å². The number of hydrogen-bond acceptors (Lipinski definition) is 3. The molecule has 0 aliphatic carbocycles. The van der Waals surface area contributed by atoms with Gasteiger partial charge < -0.3 is 9.30 Å². The van der Waals surface area contributed by atoms with Crippen LogP contribution in [0, 0.1) is 5.41 Å². The normalized spacial score (nSPS) is 11.5. The summed E-state index contributed by atoms with van der Waals surface area (Å²) in [6, 6.07) is 0. The molecule has 0 spiro atoms. The Bertz CT molecular complexity index is 358. The van der Waals surface area contributed by atoms with Crippen molar-refractivity contribution < 1.29 is 9.53 Å². The lowest BCUT2D eigenvalue weighted by Crippen LogP contribution is -2.26. The Kier molecular flexibility index (Phi) is 6.60. The Labute approximate surface area is 116 Å². The minimum Gasteiger partial charge on any atom is -0.466 e. The van der Waals surface area contributed by atoms with Crippen molar-refractivity contribution in [1.29, 1.82) is 0 Å². The van der Waals surface area contributed by atoms with E-state index in [2.05, 4.69) is 9.55 Å². The Hall–Kier alpha value is -1.32. The van der Waals surface area contributed by atoms with Crippen LogP contribution in [0.1, 0.15) is 52.9 Å². The molecule has 0 aliphatic heterocycles. The monoisotopic (exact) mass is 266 g/mol. The largest absolute Gasteiger partial charge is 0.466 e. The van der Waals surface area contributed by atoms with Gasteiger partial charge in [-0.1, -0.05) is 19.3 Å². The molecule has 1 rings (SSSR count). The number of esters is 1. The number of aromatic nitrogens is 2. The number of hydrogen-bond donors (Lipinski definition) is 0. The lowest BCUT2D eigenvalue weighted by atomic mass is 9.87. The average molecular weight is 266 g/mol. The van der Waals surface area contributed by atoms with Crippen molar-refractivity contribution in [2.45, 2.75) is 59.4 Å². The molecule has 0 saturated heterocycles. The number of aryl methyl sites for hydroxylation is 1. The number of carbonyl (C=O) groups is 1. The Morgan fingerprint density at radius 1 is 1.26 bits per heavy atom. The number of imidazole rings is 1. The quantitative estimate of drug-likeness (QED) is 0.508. The molecule has 19 heavy (non-hydrogen) atoms. The summed E-state index contributed by atoms with van der Waals surface area (Å²) in [4.78, 5) is 15.7. The van der Waals surface area contributed by atoms with Gasteiger partial charge in [-0.15, -0.1) is 0 Å². The first-order chi connectivity index (χ1) is 9.06. The maximum Gasteiger partial charge on any atom is 0.311 e. The predicted molar refractivity (Wildman–Crippen MR) is 75.7 cm³/mol. The van der Waals surface area contributed by atoms with Crippen molar-refractivity contribution in [3.63, 3.8) is 0 Å². The van der Waals surface area contributed by atoms with Gasteiger partial charge in [-0.2, -0.15) is 0 Å². The zero-order valence-electron chi connectivity index (χ0n) is 12.4. The van der Waals surface area contributed by atoms with Crippen LogP contribution in [-0.4, -0.2) is 22.1 Å². The molecule has 0 bridgehead atoms. The number of ether oxygens (including phenoxy) is 1. The van der Waals surface area contributed by atoms with E-state index >= 15 is 0 Å². The molecule has 1 aromatic heterocycles. The van der Waals surface area contributed by atoms with Crippen molar-refractivity contribution >= 4 is 5.97 Å². The van der Waals surface area contributed by atoms with Crippen molar-refractivity contribution in [2.75, 3.05) is 6.61 Å². The molecule has 1 heterocycles. The number of unbranched alkanes of at least 4 members (excludes halogenated alkanes) is 3. The third-order valence-corrected chi connectivity index (χ3v) is 3.36. The van der Waals surface area contributed by atoms with Gasteiger partial charge in [0, 0.05) is 18.9 Å². The summed E-state index contributed by atoms with van der Waals surface area (Å²) in [7, 11) is 0. The summed E-state index contributed by atoms with van der Waals surface area (Å²) in [6.07, 6.45) is 11.1. The standard InChI is InChI=1S/C15H26N2O2/c1-4-19-14(18)15(2,3)9-7-5-6-8-11-17-12-10-16-13-17/h10,12-13H,4-9,11H2,1-3H3. The SMILES string of the molecule is CCOC(=O)C(C)(C)CCCCCCn1ccnc1. The van der Waals surface area contributed by atoms with Crippen molar-refractivity contribution in [3.8, 4) is 0 Å². The summed E-state index contributed by atoms with van der Waals surface area (Å²) in [5.41, 5.74) is -0.347. The number of nitrogens with zero attached hydrogens (tertiary/aromatic N) is 2. The van der Waals surface area contributed by atoms with Crippen LogP contribution in [0.3, 0.4) is 0 Å². The number of carbonyl (C=O) groups excluding carboxylic acids is 1. The first-order valence-electron chi connectivity index (χ1n) is 7.19. The predicted octanol–water partition coefficient (Wildman–Crippen LogP) is 3.42. The van der Waals surface area contributed by atoms with E-state index in [0.29, 0.717) is 6.61 Å². The average Bonchev–Trinajstić information content (AvgIpc) is 2.87. The fourth-order valence-corrected chi connectivity index (χ4v) is 2.06. The topological polar surface area (TPSA) is 44.1 Å². The molecule has 0 N–H and O–H groups in total. The lowest BCUT2D eigenvalue weighted by molar-refractivity contribution is -0.153. The molecule has 0 saturated carbocycles. The van der Waals surface area contributed by atoms with Gasteiger partial charge in [-0.3, -0.25) is 4.79 Å². The second-order valence-corrected chi connectivity index (χ2v) is 5.57. The second-order valence-electron chi connectivity index (χ2n) is 5.57. The highest BCUT2D eigenvalue weighted by atomic mass is 16.5. The summed E-state index contributed by atoms with van der Waals surface area (Å²) in [5, 5.41) is 0. The summed E-state index contributed by atoms with van der Waals surface area (Å²) in [5.74, 6) is -0.0755. The fraction of sp³-hybridized carbons (Fsp3) is 0.733. The van der Waals surface area contributed by atoms with Crippen LogP contribution >= 0.6 is 0 Å². The van der Waals surface area contributed by atoms with Gasteiger partial charge in [0.05, 0.1) is 18.3 Å². The highest BCUT2D eigenvalue weighted by Crippen LogP contribution is 2.25. The van der Waals surface area contributed by atoms with E-state index in [9.17, 15) is 4.79 Å². The van der Waals surface area contributed by atoms with Gasteiger partial charge in [-0.25, -0.2) is 4.98 Å². The second kappa shape index (κ2) is 7.97. The fourth-order valence-electron chi connectivity index (χ4n) is 2.06. The van der Waals surface area contributed by atoms with E-state index in [-0.39, 0.29) is 11.4 Å². The van der Waals surface area contributed by atoms with Crippen molar-refractivity contribution in [1.82, 2.24) is 9.55 Å². The minimum absolute atomic E-state index is 0.0755. The highest BCUT2D eigenvalue weighted by molar-refractivity contribution is 5.75. The molecular weight excluding hydrogens is 240 g/mol. The highest BCUT2D eigenvalue weighted by Gasteiger charge is 2.28. The molecule has 0 fully saturated rings. The number of rotatable bonds is 9. The molecule has 0 aromatic carbocycles. The van der Waals surface area contributed by atoms with Crippen molar-refractivity contribution in [3.05, 3.63) is 18.7 Å². The molecular formula is C15H26N2O2. The van der Waals surface area contributed by atoms with E-state index in [1.807, 2.05) is 39.5 Å². The third kappa shape index (κ3) is 5.90. The summed E-state index contributed by atoms with van der Waals surface area (Å²) in [6.45, 7) is 7.28. The van der Waals surface area contributed by atoms with E-state index in [1.54, 1.807) is 0 Å². The Morgan fingerprint density at radius 3 is 2.63 bits per heavy atom.